The number of aromatic amines is 1. The fourth-order valence-corrected chi connectivity index (χ4v) is 1.21. The van der Waals surface area contributed by atoms with Crippen LogP contribution in [0.3, 0.4) is 0 Å². The molecule has 13 heavy (non-hydrogen) atoms. The second-order valence-corrected chi connectivity index (χ2v) is 3.51. The van der Waals surface area contributed by atoms with E-state index in [0.29, 0.717) is 6.54 Å². The first-order valence-electron chi connectivity index (χ1n) is 4.52. The smallest absolute Gasteiger partial charge is 0.107 e. The summed E-state index contributed by atoms with van der Waals surface area (Å²) in [4.78, 5) is 9.77. The topological polar surface area (TPSA) is 57.9 Å². The highest BCUT2D eigenvalue weighted by Crippen LogP contribution is 2.04. The lowest BCUT2D eigenvalue weighted by Crippen LogP contribution is -2.15. The normalized spacial score (nSPS) is 11.2. The van der Waals surface area contributed by atoms with Crippen molar-refractivity contribution in [1.29, 1.82) is 0 Å². The Labute approximate surface area is 79.1 Å². The quantitative estimate of drug-likeness (QED) is 0.703. The third-order valence-electron chi connectivity index (χ3n) is 2.02. The Hall–Kier alpha value is -0.870. The molecule has 0 fully saturated rings. The van der Waals surface area contributed by atoms with Gasteiger partial charge in [-0.3, -0.25) is 0 Å². The van der Waals surface area contributed by atoms with Crippen LogP contribution in [0.5, 0.6) is 0 Å². The van der Waals surface area contributed by atoms with Crippen LogP contribution in [0.25, 0.3) is 0 Å². The van der Waals surface area contributed by atoms with Crippen molar-refractivity contribution in [1.82, 2.24) is 14.9 Å². The van der Waals surface area contributed by atoms with Crippen LogP contribution in [0, 0.1) is 6.92 Å². The number of nitrogens with zero attached hydrogens (tertiary/aromatic N) is 2. The molecule has 4 heteroatoms. The van der Waals surface area contributed by atoms with Gasteiger partial charge >= 0.3 is 0 Å². The van der Waals surface area contributed by atoms with E-state index >= 15 is 0 Å². The molecule has 0 bridgehead atoms. The molecule has 0 aliphatic carbocycles. The van der Waals surface area contributed by atoms with E-state index in [4.69, 9.17) is 5.73 Å². The lowest BCUT2D eigenvalue weighted by atomic mass is 10.3. The first-order valence-corrected chi connectivity index (χ1v) is 4.52. The largest absolute Gasteiger partial charge is 0.346 e. The van der Waals surface area contributed by atoms with E-state index in [1.165, 1.54) is 0 Å². The van der Waals surface area contributed by atoms with Gasteiger partial charge in [0.2, 0.25) is 0 Å². The number of aromatic nitrogens is 2. The zero-order chi connectivity index (χ0) is 9.84. The minimum atomic E-state index is 0.518. The second kappa shape index (κ2) is 4.39. The van der Waals surface area contributed by atoms with E-state index in [1.807, 2.05) is 6.92 Å². The number of likely N-dealkylation sites (N-methyl/N-ethyl adjacent to an activating group) is 1. The number of rotatable bonds is 4. The van der Waals surface area contributed by atoms with E-state index < -0.39 is 0 Å². The third-order valence-corrected chi connectivity index (χ3v) is 2.02. The van der Waals surface area contributed by atoms with Gasteiger partial charge in [-0.1, -0.05) is 0 Å². The molecule has 1 aromatic rings. The third kappa shape index (κ3) is 2.82. The predicted octanol–water partition coefficient (Wildman–Crippen LogP) is 0.281. The van der Waals surface area contributed by atoms with Crippen LogP contribution in [-0.2, 0) is 13.0 Å². The second-order valence-electron chi connectivity index (χ2n) is 3.51. The molecule has 0 saturated heterocycles. The van der Waals surface area contributed by atoms with Gasteiger partial charge in [-0.2, -0.15) is 0 Å². The highest BCUT2D eigenvalue weighted by Gasteiger charge is 2.04. The van der Waals surface area contributed by atoms with Gasteiger partial charge in [0.15, 0.2) is 0 Å². The predicted molar refractivity (Wildman–Crippen MR) is 53.5 cm³/mol. The average molecular weight is 182 g/mol. The summed E-state index contributed by atoms with van der Waals surface area (Å²) in [7, 11) is 4.11. The number of hydrogen-bond acceptors (Lipinski definition) is 3. The molecule has 1 heterocycles. The SMILES string of the molecule is Cc1[nH]c(CCN(C)C)nc1CN. The van der Waals surface area contributed by atoms with E-state index in [0.717, 1.165) is 30.2 Å². The molecule has 4 nitrogen and oxygen atoms in total. The van der Waals surface area contributed by atoms with Gasteiger partial charge in [0.1, 0.15) is 5.82 Å². The maximum Gasteiger partial charge on any atom is 0.107 e. The Bertz CT molecular complexity index is 265. The zero-order valence-corrected chi connectivity index (χ0v) is 8.59. The van der Waals surface area contributed by atoms with Gasteiger partial charge in [0.05, 0.1) is 5.69 Å². The van der Waals surface area contributed by atoms with E-state index in [9.17, 15) is 0 Å². The maximum atomic E-state index is 5.53. The number of aryl methyl sites for hydroxylation is 1. The summed E-state index contributed by atoms with van der Waals surface area (Å²) in [5, 5.41) is 0. The lowest BCUT2D eigenvalue weighted by Gasteiger charge is -2.06. The van der Waals surface area contributed by atoms with Crippen molar-refractivity contribution in [3.63, 3.8) is 0 Å². The van der Waals surface area contributed by atoms with Crippen molar-refractivity contribution in [3.05, 3.63) is 17.2 Å². The van der Waals surface area contributed by atoms with Gasteiger partial charge < -0.3 is 15.6 Å². The van der Waals surface area contributed by atoms with E-state index in [1.54, 1.807) is 0 Å². The molecule has 0 spiro atoms. The first-order chi connectivity index (χ1) is 6.13. The van der Waals surface area contributed by atoms with Gasteiger partial charge in [-0.05, 0) is 21.0 Å². The van der Waals surface area contributed by atoms with Crippen molar-refractivity contribution < 1.29 is 0 Å². The summed E-state index contributed by atoms with van der Waals surface area (Å²) < 4.78 is 0. The summed E-state index contributed by atoms with van der Waals surface area (Å²) in [5.74, 6) is 1.03. The van der Waals surface area contributed by atoms with Crippen LogP contribution in [0.2, 0.25) is 0 Å². The highest BCUT2D eigenvalue weighted by molar-refractivity contribution is 5.12. The molecule has 0 radical (unpaired) electrons. The zero-order valence-electron chi connectivity index (χ0n) is 8.59. The van der Waals surface area contributed by atoms with Crippen LogP contribution >= 0.6 is 0 Å². The van der Waals surface area contributed by atoms with Crippen molar-refractivity contribution >= 4 is 0 Å². The van der Waals surface area contributed by atoms with Crippen LogP contribution in [-0.4, -0.2) is 35.5 Å². The van der Waals surface area contributed by atoms with Crippen molar-refractivity contribution in [2.45, 2.75) is 19.9 Å². The number of hydrogen-bond donors (Lipinski definition) is 2. The number of nitrogens with two attached hydrogens (primary N) is 1. The molecule has 0 aromatic carbocycles. The molecule has 0 amide bonds. The molecular weight excluding hydrogens is 164 g/mol. The Kier molecular flexibility index (Phi) is 3.45. The Morgan fingerprint density at radius 3 is 2.62 bits per heavy atom. The summed E-state index contributed by atoms with van der Waals surface area (Å²) in [6, 6.07) is 0. The molecule has 0 aliphatic heterocycles. The summed E-state index contributed by atoms with van der Waals surface area (Å²) in [6.07, 6.45) is 0.952. The molecule has 0 saturated carbocycles. The Morgan fingerprint density at radius 2 is 2.15 bits per heavy atom. The Balaban J connectivity index is 2.57. The molecule has 0 aliphatic rings. The summed E-state index contributed by atoms with van der Waals surface area (Å²) in [5.41, 5.74) is 7.60. The average Bonchev–Trinajstić information content (AvgIpc) is 2.43. The van der Waals surface area contributed by atoms with Crippen LogP contribution in [0.15, 0.2) is 0 Å². The first kappa shape index (κ1) is 10.2. The minimum Gasteiger partial charge on any atom is -0.346 e. The van der Waals surface area contributed by atoms with Crippen molar-refractivity contribution in [2.24, 2.45) is 5.73 Å². The highest BCUT2D eigenvalue weighted by atomic mass is 15.1. The van der Waals surface area contributed by atoms with Crippen LogP contribution in [0.1, 0.15) is 17.2 Å². The molecule has 0 unspecified atom stereocenters. The molecule has 1 rings (SSSR count). The number of H-pyrrole nitrogens is 1. The molecule has 3 N–H and O–H groups in total. The number of imidazole rings is 1. The van der Waals surface area contributed by atoms with Crippen molar-refractivity contribution in [3.8, 4) is 0 Å². The Morgan fingerprint density at radius 1 is 1.46 bits per heavy atom. The maximum absolute atomic E-state index is 5.53. The van der Waals surface area contributed by atoms with Gasteiger partial charge in [-0.15, -0.1) is 0 Å². The molecule has 1 aromatic heterocycles. The van der Waals surface area contributed by atoms with Crippen molar-refractivity contribution in [2.75, 3.05) is 20.6 Å². The van der Waals surface area contributed by atoms with E-state index in [-0.39, 0.29) is 0 Å². The summed E-state index contributed by atoms with van der Waals surface area (Å²) in [6.45, 7) is 3.54. The summed E-state index contributed by atoms with van der Waals surface area (Å²) >= 11 is 0. The lowest BCUT2D eigenvalue weighted by molar-refractivity contribution is 0.410. The fraction of sp³-hybridized carbons (Fsp3) is 0.667. The molecular formula is C9H18N4. The molecule has 74 valence electrons. The van der Waals surface area contributed by atoms with Gasteiger partial charge in [0.25, 0.3) is 0 Å². The standard InChI is InChI=1S/C9H18N4/c1-7-8(6-10)12-9(11-7)4-5-13(2)3/h4-6,10H2,1-3H3,(H,11,12). The van der Waals surface area contributed by atoms with Gasteiger partial charge in [-0.25, -0.2) is 4.98 Å². The van der Waals surface area contributed by atoms with Crippen LogP contribution in [0.4, 0.5) is 0 Å². The van der Waals surface area contributed by atoms with Crippen LogP contribution < -0.4 is 5.73 Å². The molecule has 0 atom stereocenters. The fourth-order valence-electron chi connectivity index (χ4n) is 1.21. The minimum absolute atomic E-state index is 0.518. The van der Waals surface area contributed by atoms with Gasteiger partial charge in [0, 0.05) is 25.2 Å². The number of nitrogens with one attached hydrogen (secondary N) is 1. The van der Waals surface area contributed by atoms with E-state index in [2.05, 4.69) is 29.0 Å². The monoisotopic (exact) mass is 182 g/mol.